The van der Waals surface area contributed by atoms with E-state index in [2.05, 4.69) is 31.3 Å². The van der Waals surface area contributed by atoms with Gasteiger partial charge in [-0.25, -0.2) is 15.8 Å². The third-order valence-electron chi connectivity index (χ3n) is 1.84. The molecular weight excluding hydrogens is 272 g/mol. The number of benzene rings is 1. The van der Waals surface area contributed by atoms with Gasteiger partial charge in [-0.05, 0) is 28.1 Å². The SMILES string of the molecule is NNc1cc(Oc2ccccc2Br)ncn1. The molecule has 0 amide bonds. The Morgan fingerprint density at radius 2 is 2.06 bits per heavy atom. The minimum atomic E-state index is 0.426. The molecule has 1 aromatic carbocycles. The smallest absolute Gasteiger partial charge is 0.224 e. The predicted molar refractivity (Wildman–Crippen MR) is 64.1 cm³/mol. The van der Waals surface area contributed by atoms with E-state index in [-0.39, 0.29) is 0 Å². The minimum absolute atomic E-state index is 0.426. The molecular formula is C10H9BrN4O. The summed E-state index contributed by atoms with van der Waals surface area (Å²) in [5.74, 6) is 6.84. The van der Waals surface area contributed by atoms with Gasteiger partial charge >= 0.3 is 0 Å². The van der Waals surface area contributed by atoms with Crippen molar-refractivity contribution in [3.8, 4) is 11.6 Å². The monoisotopic (exact) mass is 280 g/mol. The molecule has 0 unspecified atom stereocenters. The first kappa shape index (κ1) is 10.8. The molecule has 0 saturated carbocycles. The second kappa shape index (κ2) is 4.91. The van der Waals surface area contributed by atoms with Crippen molar-refractivity contribution in [1.82, 2.24) is 9.97 Å². The Labute approximate surface area is 101 Å². The lowest BCUT2D eigenvalue weighted by Gasteiger charge is -2.06. The van der Waals surface area contributed by atoms with Gasteiger partial charge in [0.2, 0.25) is 5.88 Å². The molecule has 6 heteroatoms. The Hall–Kier alpha value is -1.66. The molecule has 2 aromatic rings. The Morgan fingerprint density at radius 3 is 2.81 bits per heavy atom. The maximum absolute atomic E-state index is 5.56. The summed E-state index contributed by atoms with van der Waals surface area (Å²) in [5, 5.41) is 0. The zero-order chi connectivity index (χ0) is 11.4. The van der Waals surface area contributed by atoms with Gasteiger partial charge in [0.05, 0.1) is 4.47 Å². The van der Waals surface area contributed by atoms with Crippen molar-refractivity contribution in [2.75, 3.05) is 5.43 Å². The second-order valence-electron chi connectivity index (χ2n) is 2.92. The number of nitrogens with two attached hydrogens (primary N) is 1. The standard InChI is InChI=1S/C10H9BrN4O/c11-7-3-1-2-4-8(7)16-10-5-9(15-12)13-6-14-10/h1-6H,12H2,(H,13,14,15). The molecule has 0 aliphatic heterocycles. The molecule has 0 radical (unpaired) electrons. The van der Waals surface area contributed by atoms with E-state index in [0.29, 0.717) is 17.4 Å². The largest absolute Gasteiger partial charge is 0.438 e. The fourth-order valence-corrected chi connectivity index (χ4v) is 1.48. The van der Waals surface area contributed by atoms with Crippen LogP contribution in [0.5, 0.6) is 11.6 Å². The van der Waals surface area contributed by atoms with E-state index < -0.39 is 0 Å². The number of hydrogen-bond acceptors (Lipinski definition) is 5. The van der Waals surface area contributed by atoms with Crippen molar-refractivity contribution in [3.63, 3.8) is 0 Å². The summed E-state index contributed by atoms with van der Waals surface area (Å²) in [6, 6.07) is 9.12. The molecule has 16 heavy (non-hydrogen) atoms. The van der Waals surface area contributed by atoms with Crippen LogP contribution in [0.15, 0.2) is 41.1 Å². The Bertz CT molecular complexity index is 492. The van der Waals surface area contributed by atoms with E-state index in [1.807, 2.05) is 24.3 Å². The highest BCUT2D eigenvalue weighted by Crippen LogP contribution is 2.28. The van der Waals surface area contributed by atoms with Crippen LogP contribution in [-0.2, 0) is 0 Å². The third-order valence-corrected chi connectivity index (χ3v) is 2.50. The number of hydrazine groups is 1. The van der Waals surface area contributed by atoms with Crippen molar-refractivity contribution in [1.29, 1.82) is 0 Å². The molecule has 0 fully saturated rings. The Kier molecular flexibility index (Phi) is 3.33. The molecule has 0 bridgehead atoms. The van der Waals surface area contributed by atoms with Crippen LogP contribution in [0.2, 0.25) is 0 Å². The number of halogens is 1. The van der Waals surface area contributed by atoms with Gasteiger partial charge in [0.1, 0.15) is 17.9 Å². The van der Waals surface area contributed by atoms with Crippen LogP contribution in [0, 0.1) is 0 Å². The third kappa shape index (κ3) is 2.47. The van der Waals surface area contributed by atoms with Gasteiger partial charge in [-0.2, -0.15) is 0 Å². The van der Waals surface area contributed by atoms with Gasteiger partial charge in [-0.3, -0.25) is 0 Å². The van der Waals surface area contributed by atoms with Crippen molar-refractivity contribution >= 4 is 21.7 Å². The van der Waals surface area contributed by atoms with E-state index in [1.165, 1.54) is 6.33 Å². The van der Waals surface area contributed by atoms with Crippen molar-refractivity contribution in [3.05, 3.63) is 41.1 Å². The summed E-state index contributed by atoms with van der Waals surface area (Å²) < 4.78 is 6.42. The molecule has 82 valence electrons. The van der Waals surface area contributed by atoms with Crippen LogP contribution in [0.3, 0.4) is 0 Å². The van der Waals surface area contributed by atoms with Crippen molar-refractivity contribution in [2.45, 2.75) is 0 Å². The number of rotatable bonds is 3. The number of aromatic nitrogens is 2. The van der Waals surface area contributed by atoms with Crippen LogP contribution in [0.25, 0.3) is 0 Å². The maximum Gasteiger partial charge on any atom is 0.224 e. The lowest BCUT2D eigenvalue weighted by Crippen LogP contribution is -2.08. The van der Waals surface area contributed by atoms with Gasteiger partial charge in [0, 0.05) is 6.07 Å². The number of para-hydroxylation sites is 1. The summed E-state index contributed by atoms with van der Waals surface area (Å²) in [5.41, 5.74) is 2.42. The van der Waals surface area contributed by atoms with Crippen LogP contribution in [-0.4, -0.2) is 9.97 Å². The van der Waals surface area contributed by atoms with Crippen LogP contribution >= 0.6 is 15.9 Å². The fourth-order valence-electron chi connectivity index (χ4n) is 1.11. The summed E-state index contributed by atoms with van der Waals surface area (Å²) in [4.78, 5) is 7.86. The maximum atomic E-state index is 5.56. The summed E-state index contributed by atoms with van der Waals surface area (Å²) in [6.07, 6.45) is 1.38. The molecule has 0 spiro atoms. The lowest BCUT2D eigenvalue weighted by atomic mass is 10.3. The fraction of sp³-hybridized carbons (Fsp3) is 0. The normalized spacial score (nSPS) is 9.88. The average molecular weight is 281 g/mol. The van der Waals surface area contributed by atoms with E-state index in [0.717, 1.165) is 4.47 Å². The van der Waals surface area contributed by atoms with E-state index in [9.17, 15) is 0 Å². The topological polar surface area (TPSA) is 73.1 Å². The molecule has 0 atom stereocenters. The summed E-state index contributed by atoms with van der Waals surface area (Å²) in [6.45, 7) is 0. The number of ether oxygens (including phenoxy) is 1. The molecule has 5 nitrogen and oxygen atoms in total. The molecule has 0 aliphatic carbocycles. The quantitative estimate of drug-likeness (QED) is 0.667. The van der Waals surface area contributed by atoms with E-state index in [4.69, 9.17) is 10.6 Å². The Morgan fingerprint density at radius 1 is 1.25 bits per heavy atom. The second-order valence-corrected chi connectivity index (χ2v) is 3.77. The van der Waals surface area contributed by atoms with Crippen LogP contribution < -0.4 is 16.0 Å². The van der Waals surface area contributed by atoms with Gasteiger partial charge < -0.3 is 10.2 Å². The van der Waals surface area contributed by atoms with Gasteiger partial charge in [-0.1, -0.05) is 12.1 Å². The highest BCUT2D eigenvalue weighted by Gasteiger charge is 2.03. The van der Waals surface area contributed by atoms with Gasteiger partial charge in [0.25, 0.3) is 0 Å². The summed E-state index contributed by atoms with van der Waals surface area (Å²) >= 11 is 3.38. The molecule has 1 heterocycles. The predicted octanol–water partition coefficient (Wildman–Crippen LogP) is 2.32. The van der Waals surface area contributed by atoms with Gasteiger partial charge in [-0.15, -0.1) is 0 Å². The molecule has 2 rings (SSSR count). The van der Waals surface area contributed by atoms with Crippen LogP contribution in [0.1, 0.15) is 0 Å². The zero-order valence-corrected chi connectivity index (χ0v) is 9.81. The van der Waals surface area contributed by atoms with Crippen molar-refractivity contribution < 1.29 is 4.74 Å². The first-order chi connectivity index (χ1) is 7.79. The van der Waals surface area contributed by atoms with Crippen molar-refractivity contribution in [2.24, 2.45) is 5.84 Å². The number of nitrogens with one attached hydrogen (secondary N) is 1. The average Bonchev–Trinajstić information content (AvgIpc) is 2.32. The molecule has 0 saturated heterocycles. The lowest BCUT2D eigenvalue weighted by molar-refractivity contribution is 0.459. The van der Waals surface area contributed by atoms with E-state index in [1.54, 1.807) is 6.07 Å². The zero-order valence-electron chi connectivity index (χ0n) is 8.22. The number of anilines is 1. The first-order valence-corrected chi connectivity index (χ1v) is 5.30. The number of nitrogen functional groups attached to an aromatic ring is 1. The highest BCUT2D eigenvalue weighted by atomic mass is 79.9. The molecule has 0 aliphatic rings. The van der Waals surface area contributed by atoms with E-state index >= 15 is 0 Å². The molecule has 3 N–H and O–H groups in total. The summed E-state index contributed by atoms with van der Waals surface area (Å²) in [7, 11) is 0. The highest BCUT2D eigenvalue weighted by molar-refractivity contribution is 9.10. The number of nitrogens with zero attached hydrogens (tertiary/aromatic N) is 2. The Balaban J connectivity index is 2.24. The number of hydrogen-bond donors (Lipinski definition) is 2. The minimum Gasteiger partial charge on any atom is -0.438 e. The molecule has 1 aromatic heterocycles. The van der Waals surface area contributed by atoms with Gasteiger partial charge in [0.15, 0.2) is 0 Å². The van der Waals surface area contributed by atoms with Crippen LogP contribution in [0.4, 0.5) is 5.82 Å². The first-order valence-electron chi connectivity index (χ1n) is 4.50.